The quantitative estimate of drug-likeness (QED) is 0.545. The largest absolute Gasteiger partial charge is 0.372 e. The number of hydrogen-bond acceptors (Lipinski definition) is 2. The van der Waals surface area contributed by atoms with Crippen LogP contribution in [0.2, 0.25) is 0 Å². The fourth-order valence-electron chi connectivity index (χ4n) is 1.35. The van der Waals surface area contributed by atoms with Crippen LogP contribution in [-0.4, -0.2) is 12.1 Å². The molecule has 0 aliphatic heterocycles. The predicted molar refractivity (Wildman–Crippen MR) is 51.2 cm³/mol. The van der Waals surface area contributed by atoms with Crippen LogP contribution >= 0.6 is 0 Å². The summed E-state index contributed by atoms with van der Waals surface area (Å²) in [5, 5.41) is 8.38. The lowest BCUT2D eigenvalue weighted by atomic mass is 10.2. The molecule has 4 nitrogen and oxygen atoms in total. The van der Waals surface area contributed by atoms with E-state index in [-0.39, 0.29) is 0 Å². The molecule has 0 aliphatic carbocycles. The number of aryl methyl sites for hydroxylation is 1. The van der Waals surface area contributed by atoms with Gasteiger partial charge in [0.25, 0.3) is 5.82 Å². The van der Waals surface area contributed by atoms with Gasteiger partial charge in [-0.1, -0.05) is 0 Å². The molecular weight excluding hydrogens is 178 g/mol. The average Bonchev–Trinajstić information content (AvgIpc) is 2.61. The summed E-state index contributed by atoms with van der Waals surface area (Å²) in [4.78, 5) is 3.12. The molecule has 0 saturated heterocycles. The minimum atomic E-state index is 0.602. The van der Waals surface area contributed by atoms with Gasteiger partial charge in [0, 0.05) is 13.5 Å². The van der Waals surface area contributed by atoms with Crippen molar-refractivity contribution in [2.45, 2.75) is 32.4 Å². The molecule has 0 unspecified atom stereocenters. The fourth-order valence-corrected chi connectivity index (χ4v) is 1.35. The Balaban J connectivity index is 2.34. The molecule has 1 rings (SSSR count). The minimum Gasteiger partial charge on any atom is -0.372 e. The van der Waals surface area contributed by atoms with Crippen molar-refractivity contribution in [1.29, 1.82) is 5.26 Å². The van der Waals surface area contributed by atoms with E-state index in [1.165, 1.54) is 0 Å². The highest BCUT2D eigenvalue weighted by atomic mass is 16.5. The lowest BCUT2D eigenvalue weighted by Crippen LogP contribution is -2.36. The second-order valence-corrected chi connectivity index (χ2v) is 3.15. The Morgan fingerprint density at radius 3 is 3.14 bits per heavy atom. The van der Waals surface area contributed by atoms with Gasteiger partial charge in [0.15, 0.2) is 0 Å². The number of nitrogens with zero attached hydrogens (tertiary/aromatic N) is 2. The molecule has 0 aliphatic rings. The summed E-state index contributed by atoms with van der Waals surface area (Å²) in [5.74, 6) is 1.07. The topological polar surface area (TPSA) is 52.7 Å². The summed E-state index contributed by atoms with van der Waals surface area (Å²) in [7, 11) is 1.68. The monoisotopic (exact) mass is 194 g/mol. The Labute approximate surface area is 84.1 Å². The molecule has 1 N–H and O–H groups in total. The molecule has 0 spiro atoms. The normalized spacial score (nSPS) is 10.0. The summed E-state index contributed by atoms with van der Waals surface area (Å²) in [6, 6.07) is 2.15. The summed E-state index contributed by atoms with van der Waals surface area (Å²) in [6.07, 6.45) is 6.54. The predicted octanol–water partition coefficient (Wildman–Crippen LogP) is 1.14. The van der Waals surface area contributed by atoms with Crippen molar-refractivity contribution in [3.63, 3.8) is 0 Å². The standard InChI is InChI=1S/C10H15N3O/c1-14-9-10-12-6-8-13(10)7-4-2-3-5-11/h6,8H,2-4,7,9H2,1H3/p+1. The van der Waals surface area contributed by atoms with E-state index in [1.807, 2.05) is 12.4 Å². The molecule has 1 heterocycles. The van der Waals surface area contributed by atoms with Crippen LogP contribution in [-0.2, 0) is 17.9 Å². The lowest BCUT2D eigenvalue weighted by molar-refractivity contribution is -0.705. The first-order chi connectivity index (χ1) is 6.88. The number of hydrogen-bond donors (Lipinski definition) is 1. The number of ether oxygens (including phenoxy) is 1. The van der Waals surface area contributed by atoms with Crippen LogP contribution in [0.15, 0.2) is 12.4 Å². The van der Waals surface area contributed by atoms with Crippen LogP contribution in [0.4, 0.5) is 0 Å². The number of aromatic nitrogens is 2. The van der Waals surface area contributed by atoms with Crippen molar-refractivity contribution in [2.75, 3.05) is 7.11 Å². The second kappa shape index (κ2) is 6.17. The maximum Gasteiger partial charge on any atom is 0.280 e. The minimum absolute atomic E-state index is 0.602. The Hall–Kier alpha value is -1.34. The van der Waals surface area contributed by atoms with Gasteiger partial charge in [0.2, 0.25) is 0 Å². The van der Waals surface area contributed by atoms with E-state index in [9.17, 15) is 0 Å². The van der Waals surface area contributed by atoms with Gasteiger partial charge in [-0.25, -0.2) is 9.55 Å². The first kappa shape index (κ1) is 10.7. The van der Waals surface area contributed by atoms with E-state index >= 15 is 0 Å². The lowest BCUT2D eigenvalue weighted by Gasteiger charge is -1.98. The van der Waals surface area contributed by atoms with E-state index < -0.39 is 0 Å². The molecule has 14 heavy (non-hydrogen) atoms. The molecule has 1 aromatic rings. The van der Waals surface area contributed by atoms with Gasteiger partial charge in [-0.3, -0.25) is 0 Å². The van der Waals surface area contributed by atoms with Crippen molar-refractivity contribution < 1.29 is 9.30 Å². The van der Waals surface area contributed by atoms with Gasteiger partial charge in [-0.15, -0.1) is 0 Å². The molecule has 76 valence electrons. The number of nitriles is 1. The smallest absolute Gasteiger partial charge is 0.280 e. The number of unbranched alkanes of at least 4 members (excludes halogenated alkanes) is 2. The van der Waals surface area contributed by atoms with Crippen LogP contribution in [0, 0.1) is 11.3 Å². The zero-order valence-electron chi connectivity index (χ0n) is 8.49. The number of methoxy groups -OCH3 is 1. The second-order valence-electron chi connectivity index (χ2n) is 3.15. The first-order valence-corrected chi connectivity index (χ1v) is 4.80. The molecule has 0 saturated carbocycles. The van der Waals surface area contributed by atoms with Crippen molar-refractivity contribution >= 4 is 0 Å². The SMILES string of the molecule is COCc1[nH]cc[n+]1CCCCC#N. The maximum atomic E-state index is 8.38. The number of rotatable bonds is 6. The molecule has 1 aromatic heterocycles. The molecule has 0 radical (unpaired) electrons. The fraction of sp³-hybridized carbons (Fsp3) is 0.600. The van der Waals surface area contributed by atoms with Gasteiger partial charge in [0.1, 0.15) is 19.0 Å². The maximum absolute atomic E-state index is 8.38. The zero-order chi connectivity index (χ0) is 10.2. The van der Waals surface area contributed by atoms with E-state index in [4.69, 9.17) is 10.00 Å². The number of aromatic amines is 1. The van der Waals surface area contributed by atoms with E-state index in [2.05, 4.69) is 15.6 Å². The van der Waals surface area contributed by atoms with Crippen LogP contribution in [0.25, 0.3) is 0 Å². The zero-order valence-corrected chi connectivity index (χ0v) is 8.49. The van der Waals surface area contributed by atoms with E-state index in [1.54, 1.807) is 7.11 Å². The summed E-state index contributed by atoms with van der Waals surface area (Å²) < 4.78 is 7.18. The van der Waals surface area contributed by atoms with Crippen molar-refractivity contribution in [2.24, 2.45) is 0 Å². The molecule has 4 heteroatoms. The highest BCUT2D eigenvalue weighted by Gasteiger charge is 2.08. The number of imidazole rings is 1. The van der Waals surface area contributed by atoms with Gasteiger partial charge in [0.05, 0.1) is 12.6 Å². The van der Waals surface area contributed by atoms with Crippen LogP contribution in [0.1, 0.15) is 25.1 Å². The average molecular weight is 194 g/mol. The van der Waals surface area contributed by atoms with Crippen molar-refractivity contribution in [1.82, 2.24) is 4.98 Å². The summed E-state index contributed by atoms with van der Waals surface area (Å²) in [6.45, 7) is 1.55. The Morgan fingerprint density at radius 2 is 2.43 bits per heavy atom. The molecule has 0 fully saturated rings. The summed E-state index contributed by atoms with van der Waals surface area (Å²) in [5.41, 5.74) is 0. The van der Waals surface area contributed by atoms with E-state index in [0.717, 1.165) is 25.2 Å². The van der Waals surface area contributed by atoms with Gasteiger partial charge < -0.3 is 4.74 Å². The Morgan fingerprint density at radius 1 is 1.57 bits per heavy atom. The van der Waals surface area contributed by atoms with Crippen LogP contribution in [0.3, 0.4) is 0 Å². The number of nitrogens with one attached hydrogen (secondary N) is 1. The highest BCUT2D eigenvalue weighted by Crippen LogP contribution is 1.95. The van der Waals surface area contributed by atoms with Gasteiger partial charge >= 0.3 is 0 Å². The first-order valence-electron chi connectivity index (χ1n) is 4.80. The molecule has 0 aromatic carbocycles. The third-order valence-corrected chi connectivity index (χ3v) is 2.07. The third kappa shape index (κ3) is 3.19. The molecule has 0 bridgehead atoms. The van der Waals surface area contributed by atoms with Gasteiger partial charge in [-0.05, 0) is 12.8 Å². The van der Waals surface area contributed by atoms with Crippen LogP contribution in [0.5, 0.6) is 0 Å². The summed E-state index contributed by atoms with van der Waals surface area (Å²) >= 11 is 0. The number of H-pyrrole nitrogens is 1. The van der Waals surface area contributed by atoms with Crippen LogP contribution < -0.4 is 4.57 Å². The molecular formula is C10H16N3O+. The van der Waals surface area contributed by atoms with Gasteiger partial charge in [-0.2, -0.15) is 5.26 Å². The van der Waals surface area contributed by atoms with Crippen molar-refractivity contribution in [3.8, 4) is 6.07 Å². The highest BCUT2D eigenvalue weighted by molar-refractivity contribution is 4.74. The Kier molecular flexibility index (Phi) is 4.73. The Bertz CT molecular complexity index is 301. The molecule has 0 atom stereocenters. The molecule has 0 amide bonds. The van der Waals surface area contributed by atoms with Crippen molar-refractivity contribution in [3.05, 3.63) is 18.2 Å². The third-order valence-electron chi connectivity index (χ3n) is 2.07. The van der Waals surface area contributed by atoms with E-state index in [0.29, 0.717) is 13.0 Å².